The summed E-state index contributed by atoms with van der Waals surface area (Å²) in [5, 5.41) is 13.3. The molecule has 9 unspecified atom stereocenters. The average Bonchev–Trinajstić information content (AvgIpc) is 3.63. The van der Waals surface area contributed by atoms with E-state index in [2.05, 4.69) is 19.2 Å². The monoisotopic (exact) mass is 745 g/mol. The number of unbranched alkanes of at least 4 members (excludes halogenated alkanes) is 1. The number of carbonyl (C=O) groups excluding carboxylic acids is 7. The summed E-state index contributed by atoms with van der Waals surface area (Å²) in [6, 6.07) is -5.41. The number of esters is 1. The van der Waals surface area contributed by atoms with E-state index in [1.165, 1.54) is 36.8 Å². The Morgan fingerprint density at radius 2 is 1.64 bits per heavy atom. The van der Waals surface area contributed by atoms with Crippen LogP contribution in [0.2, 0.25) is 0 Å². The molecule has 2 aliphatic heterocycles. The topological polar surface area (TPSA) is 174 Å². The van der Waals surface area contributed by atoms with Crippen LogP contribution in [0.25, 0.3) is 0 Å². The van der Waals surface area contributed by atoms with Crippen molar-refractivity contribution in [1.29, 1.82) is 0 Å². The molecule has 0 radical (unpaired) electrons. The van der Waals surface area contributed by atoms with E-state index in [1.807, 2.05) is 6.92 Å². The van der Waals surface area contributed by atoms with Gasteiger partial charge < -0.3 is 29.9 Å². The van der Waals surface area contributed by atoms with Gasteiger partial charge in [-0.1, -0.05) is 71.6 Å². The smallest absolute Gasteiger partial charge is 0.302 e. The van der Waals surface area contributed by atoms with Gasteiger partial charge in [0.15, 0.2) is 0 Å². The van der Waals surface area contributed by atoms with Crippen molar-refractivity contribution < 1.29 is 43.4 Å². The highest BCUT2D eigenvalue weighted by atomic mass is 16.5. The number of aliphatic hydroxyl groups excluding tert-OH is 1. The summed E-state index contributed by atoms with van der Waals surface area (Å²) in [5.41, 5.74) is 0.755. The normalized spacial score (nSPS) is 21.7. The third kappa shape index (κ3) is 11.7. The number of imide groups is 1. The minimum absolute atomic E-state index is 0.0834. The number of nitrogens with one attached hydrogen (secondary N) is 1. The molecule has 14 heteroatoms. The lowest BCUT2D eigenvalue weighted by Crippen LogP contribution is -2.62. The van der Waals surface area contributed by atoms with E-state index < -0.39 is 83.8 Å². The van der Waals surface area contributed by atoms with Crippen molar-refractivity contribution in [2.24, 2.45) is 17.8 Å². The molecule has 0 spiro atoms. The van der Waals surface area contributed by atoms with Crippen LogP contribution in [0.4, 0.5) is 0 Å². The first-order valence-electron chi connectivity index (χ1n) is 18.8. The third-order valence-electron chi connectivity index (χ3n) is 10.0. The maximum absolute atomic E-state index is 14.4. The predicted molar refractivity (Wildman–Crippen MR) is 200 cm³/mol. The summed E-state index contributed by atoms with van der Waals surface area (Å²) >= 11 is 0. The molecule has 2 N–H and O–H groups in total. The largest absolute Gasteiger partial charge is 0.460 e. The molecule has 9 atom stereocenters. The van der Waals surface area contributed by atoms with Gasteiger partial charge in [0.2, 0.25) is 23.6 Å². The zero-order valence-corrected chi connectivity index (χ0v) is 33.8. The summed E-state index contributed by atoms with van der Waals surface area (Å²) in [6.07, 6.45) is 5.94. The van der Waals surface area contributed by atoms with Crippen molar-refractivity contribution in [2.45, 2.75) is 144 Å². The van der Waals surface area contributed by atoms with Crippen molar-refractivity contribution in [3.8, 4) is 0 Å². The standard InChI is InChI=1S/C39H63N5O9/c1-13-14-15-24(6)19-25(7)36(49)41(11)30(18-22(2)3)35(48)40-33(27(9)53-28(10)45)38(51)42(12)34(23(4)5)39(52)43-21-29(46)20-31(43)37(50)44-26(8)16-17-32(44)47/h16-18,23-27,29-31,33-34,46H,13-15,19-21H2,1-12H3,(H,40,48). The molecule has 0 bridgehead atoms. The van der Waals surface area contributed by atoms with E-state index in [0.717, 1.165) is 34.6 Å². The second kappa shape index (κ2) is 19.8. The highest BCUT2D eigenvalue weighted by molar-refractivity contribution is 6.06. The summed E-state index contributed by atoms with van der Waals surface area (Å²) in [5.74, 6) is -4.70. The minimum Gasteiger partial charge on any atom is -0.460 e. The van der Waals surface area contributed by atoms with E-state index in [1.54, 1.807) is 53.8 Å². The Labute approximate surface area is 315 Å². The van der Waals surface area contributed by atoms with Gasteiger partial charge >= 0.3 is 5.97 Å². The number of aliphatic hydroxyl groups is 1. The van der Waals surface area contributed by atoms with Gasteiger partial charge in [-0.2, -0.15) is 0 Å². The van der Waals surface area contributed by atoms with Crippen molar-refractivity contribution in [2.75, 3.05) is 20.6 Å². The van der Waals surface area contributed by atoms with Crippen LogP contribution in [0.1, 0.15) is 101 Å². The van der Waals surface area contributed by atoms with Crippen LogP contribution in [0, 0.1) is 17.8 Å². The Balaban J connectivity index is 2.43. The van der Waals surface area contributed by atoms with Crippen LogP contribution in [0.3, 0.4) is 0 Å². The lowest BCUT2D eigenvalue weighted by molar-refractivity contribution is -0.157. The van der Waals surface area contributed by atoms with Gasteiger partial charge in [-0.3, -0.25) is 38.5 Å². The molecule has 298 valence electrons. The second-order valence-corrected chi connectivity index (χ2v) is 15.5. The summed E-state index contributed by atoms with van der Waals surface area (Å²) < 4.78 is 5.39. The molecule has 14 nitrogen and oxygen atoms in total. The summed E-state index contributed by atoms with van der Waals surface area (Å²) in [6.45, 7) is 17.2. The van der Waals surface area contributed by atoms with Crippen molar-refractivity contribution in [3.63, 3.8) is 0 Å². The molecule has 6 amide bonds. The number of rotatable bonds is 17. The highest BCUT2D eigenvalue weighted by Crippen LogP contribution is 2.27. The maximum Gasteiger partial charge on any atom is 0.302 e. The number of carbonyl (C=O) groups is 7. The van der Waals surface area contributed by atoms with Crippen LogP contribution < -0.4 is 5.32 Å². The first kappa shape index (κ1) is 45.1. The molecule has 2 aliphatic rings. The molecule has 0 aromatic heterocycles. The number of allylic oxidation sites excluding steroid dienone is 1. The Bertz CT molecular complexity index is 1420. The van der Waals surface area contributed by atoms with Crippen LogP contribution >= 0.6 is 0 Å². The number of ether oxygens (including phenoxy) is 1. The van der Waals surface area contributed by atoms with Crippen molar-refractivity contribution in [3.05, 3.63) is 23.8 Å². The van der Waals surface area contributed by atoms with Crippen molar-refractivity contribution >= 4 is 41.4 Å². The van der Waals surface area contributed by atoms with Crippen LogP contribution in [-0.2, 0) is 38.3 Å². The summed E-state index contributed by atoms with van der Waals surface area (Å²) in [4.78, 5) is 99.3. The first-order valence-corrected chi connectivity index (χ1v) is 18.8. The lowest BCUT2D eigenvalue weighted by atomic mass is 9.92. The number of likely N-dealkylation sites (tertiary alicyclic amines) is 1. The SMILES string of the molecule is CCCCC(C)CC(C)C(=O)N(C)C(C=C(C)C)C(=O)NC(C(=O)N(C)C(C(=O)N1CC(O)CC1C(=O)N1C(=O)C=CC1C)C(C)C)C(C)OC(C)=O. The lowest BCUT2D eigenvalue weighted by Gasteiger charge is -2.38. The van der Waals surface area contributed by atoms with Gasteiger partial charge in [0.25, 0.3) is 11.8 Å². The maximum atomic E-state index is 14.4. The molecular formula is C39H63N5O9. The fourth-order valence-electron chi connectivity index (χ4n) is 7.26. The number of nitrogens with zero attached hydrogens (tertiary/aromatic N) is 4. The Kier molecular flexibility index (Phi) is 16.9. The molecule has 1 saturated heterocycles. The van der Waals surface area contributed by atoms with E-state index in [0.29, 0.717) is 12.3 Å². The molecule has 0 aromatic rings. The molecule has 0 aliphatic carbocycles. The van der Waals surface area contributed by atoms with E-state index in [4.69, 9.17) is 4.74 Å². The third-order valence-corrected chi connectivity index (χ3v) is 10.0. The predicted octanol–water partition coefficient (Wildman–Crippen LogP) is 2.83. The van der Waals surface area contributed by atoms with Gasteiger partial charge in [-0.15, -0.1) is 0 Å². The van der Waals surface area contributed by atoms with E-state index in [-0.39, 0.29) is 24.8 Å². The van der Waals surface area contributed by atoms with Crippen LogP contribution in [-0.4, -0.2) is 129 Å². The number of hydrogen-bond donors (Lipinski definition) is 2. The minimum atomic E-state index is -1.47. The Hall–Kier alpha value is -4.07. The highest BCUT2D eigenvalue weighted by Gasteiger charge is 2.48. The van der Waals surface area contributed by atoms with Crippen LogP contribution in [0.5, 0.6) is 0 Å². The molecule has 0 aromatic carbocycles. The van der Waals surface area contributed by atoms with E-state index in [9.17, 15) is 38.7 Å². The molecular weight excluding hydrogens is 682 g/mol. The second-order valence-electron chi connectivity index (χ2n) is 15.5. The number of likely N-dealkylation sites (N-methyl/N-ethyl adjacent to an activating group) is 2. The molecule has 53 heavy (non-hydrogen) atoms. The fourth-order valence-corrected chi connectivity index (χ4v) is 7.26. The Morgan fingerprint density at radius 1 is 1.02 bits per heavy atom. The van der Waals surface area contributed by atoms with Gasteiger partial charge in [-0.25, -0.2) is 0 Å². The molecule has 2 rings (SSSR count). The van der Waals surface area contributed by atoms with E-state index >= 15 is 0 Å². The summed E-state index contributed by atoms with van der Waals surface area (Å²) in [7, 11) is 2.92. The Morgan fingerprint density at radius 3 is 2.15 bits per heavy atom. The van der Waals surface area contributed by atoms with Gasteiger partial charge in [0.05, 0.1) is 12.1 Å². The zero-order valence-electron chi connectivity index (χ0n) is 33.8. The number of β-amino-alcohol motifs (C(OH)–C–C–N with tert-alkyl or cyclic N) is 1. The van der Waals surface area contributed by atoms with Crippen LogP contribution in [0.15, 0.2) is 23.8 Å². The molecule has 1 fully saturated rings. The quantitative estimate of drug-likeness (QED) is 0.129. The molecule has 0 saturated carbocycles. The van der Waals surface area contributed by atoms with Gasteiger partial charge in [0.1, 0.15) is 30.3 Å². The number of hydrogen-bond acceptors (Lipinski definition) is 9. The number of amides is 6. The average molecular weight is 746 g/mol. The fraction of sp³-hybridized carbons (Fsp3) is 0.718. The van der Waals surface area contributed by atoms with Crippen molar-refractivity contribution in [1.82, 2.24) is 24.9 Å². The van der Waals surface area contributed by atoms with Gasteiger partial charge in [0, 0.05) is 46.0 Å². The zero-order chi connectivity index (χ0) is 40.5. The molecule has 2 heterocycles. The van der Waals surface area contributed by atoms with Gasteiger partial charge in [-0.05, 0) is 46.0 Å². The first-order chi connectivity index (χ1) is 24.6.